The maximum atomic E-state index is 13.1. The van der Waals surface area contributed by atoms with Gasteiger partial charge >= 0.3 is 5.97 Å². The molecule has 0 aliphatic rings. The van der Waals surface area contributed by atoms with E-state index in [9.17, 15) is 18.0 Å². The predicted octanol–water partition coefficient (Wildman–Crippen LogP) is 2.51. The van der Waals surface area contributed by atoms with Crippen LogP contribution in [0.4, 0.5) is 13.2 Å². The van der Waals surface area contributed by atoms with E-state index in [2.05, 4.69) is 4.74 Å². The second-order valence-electron chi connectivity index (χ2n) is 2.93. The zero-order valence-corrected chi connectivity index (χ0v) is 9.24. The lowest BCUT2D eigenvalue weighted by Crippen LogP contribution is -2.04. The number of rotatable bonds is 4. The molecule has 0 saturated carbocycles. The average Bonchev–Trinajstić information content (AvgIpc) is 2.25. The molecule has 0 saturated heterocycles. The summed E-state index contributed by atoms with van der Waals surface area (Å²) in [4.78, 5) is 10.7. The van der Waals surface area contributed by atoms with Crippen LogP contribution in [-0.4, -0.2) is 18.8 Å². The molecule has 0 radical (unpaired) electrons. The van der Waals surface area contributed by atoms with Crippen molar-refractivity contribution in [2.75, 3.05) is 12.9 Å². The summed E-state index contributed by atoms with van der Waals surface area (Å²) >= 11 is 1.06. The monoisotopic (exact) mass is 250 g/mol. The molecule has 0 N–H and O–H groups in total. The fourth-order valence-electron chi connectivity index (χ4n) is 0.978. The minimum Gasteiger partial charge on any atom is -0.468 e. The molecule has 1 aromatic carbocycles. The van der Waals surface area contributed by atoms with E-state index in [4.69, 9.17) is 0 Å². The molecule has 6 heteroatoms. The average molecular weight is 250 g/mol. The zero-order valence-electron chi connectivity index (χ0n) is 8.43. The molecule has 0 aliphatic carbocycles. The third-order valence-corrected chi connectivity index (χ3v) is 2.75. The Morgan fingerprint density at radius 1 is 1.25 bits per heavy atom. The Balaban J connectivity index is 2.60. The molecule has 16 heavy (non-hydrogen) atoms. The number of thioether (sulfide) groups is 1. The van der Waals surface area contributed by atoms with Crippen molar-refractivity contribution in [1.29, 1.82) is 0 Å². The standard InChI is InChI=1S/C10H9F3O2S/c1-15-10(14)5-16-4-6-2-8(12)9(13)3-7(6)11/h2-3H,4-5H2,1H3. The third kappa shape index (κ3) is 3.44. The second kappa shape index (κ2) is 5.79. The normalized spacial score (nSPS) is 10.2. The summed E-state index contributed by atoms with van der Waals surface area (Å²) < 4.78 is 42.8. The molecular formula is C10H9F3O2S. The molecular weight excluding hydrogens is 241 g/mol. The highest BCUT2D eigenvalue weighted by Gasteiger charge is 2.10. The first-order chi connectivity index (χ1) is 7.54. The second-order valence-corrected chi connectivity index (χ2v) is 3.91. The first-order valence-corrected chi connectivity index (χ1v) is 5.48. The van der Waals surface area contributed by atoms with E-state index in [0.717, 1.165) is 17.8 Å². The van der Waals surface area contributed by atoms with Crippen LogP contribution in [0.1, 0.15) is 5.56 Å². The molecule has 0 unspecified atom stereocenters. The summed E-state index contributed by atoms with van der Waals surface area (Å²) in [6, 6.07) is 1.28. The van der Waals surface area contributed by atoms with Crippen molar-refractivity contribution in [2.45, 2.75) is 5.75 Å². The molecule has 0 fully saturated rings. The summed E-state index contributed by atoms with van der Waals surface area (Å²) in [5, 5.41) is 0. The molecule has 0 atom stereocenters. The van der Waals surface area contributed by atoms with Gasteiger partial charge in [0, 0.05) is 17.4 Å². The Bertz CT molecular complexity index is 396. The third-order valence-electron chi connectivity index (χ3n) is 1.79. The van der Waals surface area contributed by atoms with E-state index >= 15 is 0 Å². The van der Waals surface area contributed by atoms with Crippen molar-refractivity contribution >= 4 is 17.7 Å². The van der Waals surface area contributed by atoms with Crippen LogP contribution in [0.3, 0.4) is 0 Å². The van der Waals surface area contributed by atoms with Crippen LogP contribution in [0, 0.1) is 17.5 Å². The Hall–Kier alpha value is -1.17. The Morgan fingerprint density at radius 3 is 2.50 bits per heavy atom. The fraction of sp³-hybridized carbons (Fsp3) is 0.300. The van der Waals surface area contributed by atoms with Gasteiger partial charge in [-0.15, -0.1) is 11.8 Å². The lowest BCUT2D eigenvalue weighted by molar-refractivity contribution is -0.137. The summed E-state index contributed by atoms with van der Waals surface area (Å²) in [7, 11) is 1.24. The van der Waals surface area contributed by atoms with Crippen LogP contribution < -0.4 is 0 Å². The van der Waals surface area contributed by atoms with Crippen molar-refractivity contribution < 1.29 is 22.7 Å². The van der Waals surface area contributed by atoms with Gasteiger partial charge in [0.15, 0.2) is 11.6 Å². The number of hydrogen-bond donors (Lipinski definition) is 0. The molecule has 88 valence electrons. The van der Waals surface area contributed by atoms with Crippen molar-refractivity contribution in [1.82, 2.24) is 0 Å². The minimum absolute atomic E-state index is 0.0211. The Kier molecular flexibility index (Phi) is 4.67. The van der Waals surface area contributed by atoms with Gasteiger partial charge in [-0.3, -0.25) is 4.79 Å². The first-order valence-electron chi connectivity index (χ1n) is 4.32. The molecule has 1 rings (SSSR count). The smallest absolute Gasteiger partial charge is 0.315 e. The van der Waals surface area contributed by atoms with Gasteiger partial charge in [0.25, 0.3) is 0 Å². The van der Waals surface area contributed by atoms with Crippen molar-refractivity contribution in [2.24, 2.45) is 0 Å². The summed E-state index contributed by atoms with van der Waals surface area (Å²) in [5.41, 5.74) is 0.0211. The van der Waals surface area contributed by atoms with Crippen LogP contribution in [0.15, 0.2) is 12.1 Å². The Morgan fingerprint density at radius 2 is 1.88 bits per heavy atom. The van der Waals surface area contributed by atoms with E-state index in [1.54, 1.807) is 0 Å². The van der Waals surface area contributed by atoms with E-state index < -0.39 is 23.4 Å². The van der Waals surface area contributed by atoms with Gasteiger partial charge in [0.2, 0.25) is 0 Å². The van der Waals surface area contributed by atoms with Crippen LogP contribution in [0.2, 0.25) is 0 Å². The van der Waals surface area contributed by atoms with Crippen molar-refractivity contribution in [3.05, 3.63) is 35.1 Å². The predicted molar refractivity (Wildman–Crippen MR) is 54.5 cm³/mol. The largest absolute Gasteiger partial charge is 0.468 e. The summed E-state index contributed by atoms with van der Waals surface area (Å²) in [5.74, 6) is -3.48. The number of hydrogen-bond acceptors (Lipinski definition) is 3. The zero-order chi connectivity index (χ0) is 12.1. The molecule has 2 nitrogen and oxygen atoms in total. The molecule has 1 aromatic rings. The fourth-order valence-corrected chi connectivity index (χ4v) is 1.81. The van der Waals surface area contributed by atoms with Gasteiger partial charge in [-0.05, 0) is 6.07 Å². The lowest BCUT2D eigenvalue weighted by atomic mass is 10.2. The highest BCUT2D eigenvalue weighted by Crippen LogP contribution is 2.19. The van der Waals surface area contributed by atoms with E-state index in [0.29, 0.717) is 6.07 Å². The number of ether oxygens (including phenoxy) is 1. The van der Waals surface area contributed by atoms with Crippen LogP contribution in [0.5, 0.6) is 0 Å². The topological polar surface area (TPSA) is 26.3 Å². The number of benzene rings is 1. The van der Waals surface area contributed by atoms with Crippen molar-refractivity contribution in [3.8, 4) is 0 Å². The maximum absolute atomic E-state index is 13.1. The van der Waals surface area contributed by atoms with Gasteiger partial charge in [0.05, 0.1) is 12.9 Å². The van der Waals surface area contributed by atoms with Crippen LogP contribution in [0.25, 0.3) is 0 Å². The summed E-state index contributed by atoms with van der Waals surface area (Å²) in [6.07, 6.45) is 0. The number of carbonyl (C=O) groups is 1. The van der Waals surface area contributed by atoms with Gasteiger partial charge in [-0.1, -0.05) is 0 Å². The SMILES string of the molecule is COC(=O)CSCc1cc(F)c(F)cc1F. The van der Waals surface area contributed by atoms with E-state index in [1.165, 1.54) is 7.11 Å². The van der Waals surface area contributed by atoms with Crippen LogP contribution >= 0.6 is 11.8 Å². The summed E-state index contributed by atoms with van der Waals surface area (Å²) in [6.45, 7) is 0. The van der Waals surface area contributed by atoms with Gasteiger partial charge in [-0.25, -0.2) is 13.2 Å². The van der Waals surface area contributed by atoms with Gasteiger partial charge in [-0.2, -0.15) is 0 Å². The van der Waals surface area contributed by atoms with Crippen LogP contribution in [-0.2, 0) is 15.3 Å². The molecule has 0 aliphatic heterocycles. The number of carbonyl (C=O) groups excluding carboxylic acids is 1. The van der Waals surface area contributed by atoms with Crippen molar-refractivity contribution in [3.63, 3.8) is 0 Å². The maximum Gasteiger partial charge on any atom is 0.315 e. The highest BCUT2D eigenvalue weighted by molar-refractivity contribution is 7.99. The molecule has 0 aromatic heterocycles. The molecule has 0 spiro atoms. The number of methoxy groups -OCH3 is 1. The highest BCUT2D eigenvalue weighted by atomic mass is 32.2. The quantitative estimate of drug-likeness (QED) is 0.606. The molecule has 0 amide bonds. The first kappa shape index (κ1) is 12.9. The molecule has 0 bridgehead atoms. The van der Waals surface area contributed by atoms with E-state index in [1.807, 2.05) is 0 Å². The molecule has 0 heterocycles. The van der Waals surface area contributed by atoms with Gasteiger partial charge < -0.3 is 4.74 Å². The lowest BCUT2D eigenvalue weighted by Gasteiger charge is -2.03. The van der Waals surface area contributed by atoms with E-state index in [-0.39, 0.29) is 17.1 Å². The van der Waals surface area contributed by atoms with Gasteiger partial charge in [0.1, 0.15) is 5.82 Å². The number of halogens is 3. The Labute approximate surface area is 94.8 Å². The number of esters is 1. The minimum atomic E-state index is -1.22.